The monoisotopic (exact) mass is 263 g/mol. The Hall–Kier alpha value is -0.990. The highest BCUT2D eigenvalue weighted by Crippen LogP contribution is 2.30. The number of hydrogen-bond donors (Lipinski definition) is 1. The van der Waals surface area contributed by atoms with Crippen LogP contribution < -0.4 is 5.32 Å². The van der Waals surface area contributed by atoms with E-state index in [-0.39, 0.29) is 0 Å². The minimum atomic E-state index is 0.926. The van der Waals surface area contributed by atoms with Gasteiger partial charge in [0.2, 0.25) is 5.95 Å². The van der Waals surface area contributed by atoms with Crippen LogP contribution >= 0.6 is 0 Å². The van der Waals surface area contributed by atoms with Gasteiger partial charge in [-0.2, -0.15) is 0 Å². The largest absolute Gasteiger partial charge is 0.356 e. The van der Waals surface area contributed by atoms with Crippen LogP contribution in [0.15, 0.2) is 12.4 Å². The lowest BCUT2D eigenvalue weighted by Gasteiger charge is -2.26. The summed E-state index contributed by atoms with van der Waals surface area (Å²) in [6.07, 6.45) is 13.5. The van der Waals surface area contributed by atoms with Crippen molar-refractivity contribution in [2.45, 2.75) is 65.3 Å². The molecule has 1 saturated carbocycles. The molecule has 0 spiro atoms. The molecule has 0 amide bonds. The fourth-order valence-electron chi connectivity index (χ4n) is 3.20. The highest BCUT2D eigenvalue weighted by molar-refractivity contribution is 5.25. The van der Waals surface area contributed by atoms with Gasteiger partial charge in [0.05, 0.1) is 0 Å². The first-order chi connectivity index (χ1) is 9.29. The molecule has 1 aromatic heterocycles. The maximum Gasteiger partial charge on any atom is 0.202 e. The summed E-state index contributed by atoms with van der Waals surface area (Å²) in [6, 6.07) is 0. The third-order valence-corrected chi connectivity index (χ3v) is 4.35. The Bertz CT molecular complexity index is 359. The van der Waals surface area contributed by atoms with Crippen molar-refractivity contribution < 1.29 is 0 Å². The Morgan fingerprint density at radius 2 is 2.32 bits per heavy atom. The van der Waals surface area contributed by atoms with E-state index in [0.29, 0.717) is 0 Å². The van der Waals surface area contributed by atoms with Gasteiger partial charge in [-0.25, -0.2) is 4.98 Å². The van der Waals surface area contributed by atoms with E-state index < -0.39 is 0 Å². The van der Waals surface area contributed by atoms with Crippen LogP contribution in [-0.2, 0) is 6.54 Å². The van der Waals surface area contributed by atoms with Gasteiger partial charge in [0.1, 0.15) is 0 Å². The number of aromatic nitrogens is 2. The van der Waals surface area contributed by atoms with Crippen LogP contribution in [0.5, 0.6) is 0 Å². The normalized spacial score (nSPS) is 23.5. The van der Waals surface area contributed by atoms with E-state index in [1.54, 1.807) is 0 Å². The van der Waals surface area contributed by atoms with Crippen LogP contribution in [-0.4, -0.2) is 16.1 Å². The van der Waals surface area contributed by atoms with Crippen LogP contribution in [0.2, 0.25) is 0 Å². The first-order valence-electron chi connectivity index (χ1n) is 8.04. The van der Waals surface area contributed by atoms with Crippen LogP contribution in [0.4, 0.5) is 5.95 Å². The zero-order valence-corrected chi connectivity index (χ0v) is 12.6. The van der Waals surface area contributed by atoms with Gasteiger partial charge >= 0.3 is 0 Å². The molecule has 3 heteroatoms. The van der Waals surface area contributed by atoms with Crippen molar-refractivity contribution in [3.8, 4) is 0 Å². The van der Waals surface area contributed by atoms with Gasteiger partial charge in [0, 0.05) is 25.5 Å². The molecular weight excluding hydrogens is 234 g/mol. The van der Waals surface area contributed by atoms with Gasteiger partial charge < -0.3 is 9.88 Å². The molecule has 2 unspecified atom stereocenters. The smallest absolute Gasteiger partial charge is 0.202 e. The lowest BCUT2D eigenvalue weighted by molar-refractivity contribution is 0.274. The zero-order valence-electron chi connectivity index (χ0n) is 12.6. The number of unbranched alkanes of at least 4 members (excludes halogenated alkanes) is 1. The first kappa shape index (κ1) is 14.4. The predicted molar refractivity (Wildman–Crippen MR) is 81.4 cm³/mol. The summed E-state index contributed by atoms with van der Waals surface area (Å²) in [7, 11) is 0. The summed E-state index contributed by atoms with van der Waals surface area (Å²) in [5.74, 6) is 2.91. The van der Waals surface area contributed by atoms with Gasteiger partial charge in [-0.15, -0.1) is 0 Å². The molecule has 0 bridgehead atoms. The number of aryl methyl sites for hydroxylation is 1. The van der Waals surface area contributed by atoms with Crippen molar-refractivity contribution in [2.75, 3.05) is 11.9 Å². The summed E-state index contributed by atoms with van der Waals surface area (Å²) < 4.78 is 2.24. The topological polar surface area (TPSA) is 29.9 Å². The summed E-state index contributed by atoms with van der Waals surface area (Å²) in [5.41, 5.74) is 0. The van der Waals surface area contributed by atoms with Gasteiger partial charge in [0.15, 0.2) is 0 Å². The lowest BCUT2D eigenvalue weighted by atomic mass is 9.81. The van der Waals surface area contributed by atoms with Crippen molar-refractivity contribution >= 4 is 5.95 Å². The molecule has 1 aromatic rings. The highest BCUT2D eigenvalue weighted by Gasteiger charge is 2.18. The fourth-order valence-corrected chi connectivity index (χ4v) is 3.20. The molecule has 1 N–H and O–H groups in total. The van der Waals surface area contributed by atoms with Gasteiger partial charge in [-0.05, 0) is 31.1 Å². The second kappa shape index (κ2) is 7.56. The number of imidazole rings is 1. The Morgan fingerprint density at radius 1 is 1.42 bits per heavy atom. The number of hydrogen-bond acceptors (Lipinski definition) is 2. The van der Waals surface area contributed by atoms with Gasteiger partial charge in [0.25, 0.3) is 0 Å². The summed E-state index contributed by atoms with van der Waals surface area (Å²) in [4.78, 5) is 4.42. The van der Waals surface area contributed by atoms with Crippen molar-refractivity contribution in [3.05, 3.63) is 12.4 Å². The predicted octanol–water partition coefficient (Wildman–Crippen LogP) is 4.31. The van der Waals surface area contributed by atoms with Crippen molar-refractivity contribution in [1.29, 1.82) is 0 Å². The molecule has 19 heavy (non-hydrogen) atoms. The molecule has 108 valence electrons. The SMILES string of the molecule is CCCCn1ccnc1NCCC1CCCC(C)C1. The Kier molecular flexibility index (Phi) is 5.74. The molecule has 3 nitrogen and oxygen atoms in total. The van der Waals surface area contributed by atoms with E-state index in [4.69, 9.17) is 0 Å². The summed E-state index contributed by atoms with van der Waals surface area (Å²) >= 11 is 0. The minimum Gasteiger partial charge on any atom is -0.356 e. The van der Waals surface area contributed by atoms with Crippen molar-refractivity contribution in [2.24, 2.45) is 11.8 Å². The van der Waals surface area contributed by atoms with E-state index in [1.165, 1.54) is 44.9 Å². The van der Waals surface area contributed by atoms with Crippen LogP contribution in [0.1, 0.15) is 58.8 Å². The number of nitrogens with zero attached hydrogens (tertiary/aromatic N) is 2. The summed E-state index contributed by atoms with van der Waals surface area (Å²) in [6.45, 7) is 6.78. The average molecular weight is 263 g/mol. The van der Waals surface area contributed by atoms with Crippen LogP contribution in [0.25, 0.3) is 0 Å². The molecular formula is C16H29N3. The van der Waals surface area contributed by atoms with E-state index >= 15 is 0 Å². The molecule has 2 rings (SSSR count). The van der Waals surface area contributed by atoms with Crippen molar-refractivity contribution in [1.82, 2.24) is 9.55 Å². The van der Waals surface area contributed by atoms with E-state index in [2.05, 4.69) is 34.9 Å². The molecule has 1 fully saturated rings. The number of nitrogens with one attached hydrogen (secondary N) is 1. The molecule has 1 aliphatic rings. The molecule has 0 radical (unpaired) electrons. The fraction of sp³-hybridized carbons (Fsp3) is 0.812. The van der Waals surface area contributed by atoms with Gasteiger partial charge in [-0.3, -0.25) is 0 Å². The third kappa shape index (κ3) is 4.55. The molecule has 0 aliphatic heterocycles. The number of rotatable bonds is 7. The van der Waals surface area contributed by atoms with E-state index in [1.807, 2.05) is 6.20 Å². The Morgan fingerprint density at radius 3 is 3.11 bits per heavy atom. The third-order valence-electron chi connectivity index (χ3n) is 4.35. The second-order valence-electron chi connectivity index (χ2n) is 6.15. The Balaban J connectivity index is 1.71. The first-order valence-corrected chi connectivity index (χ1v) is 8.04. The highest BCUT2D eigenvalue weighted by atomic mass is 15.2. The van der Waals surface area contributed by atoms with E-state index in [0.717, 1.165) is 30.9 Å². The standard InChI is InChI=1S/C16H29N3/c1-3-4-11-19-12-10-18-16(19)17-9-8-15-7-5-6-14(2)13-15/h10,12,14-15H,3-9,11,13H2,1-2H3,(H,17,18). The summed E-state index contributed by atoms with van der Waals surface area (Å²) in [5, 5.41) is 3.52. The van der Waals surface area contributed by atoms with Crippen LogP contribution in [0, 0.1) is 11.8 Å². The molecule has 2 atom stereocenters. The quantitative estimate of drug-likeness (QED) is 0.794. The van der Waals surface area contributed by atoms with E-state index in [9.17, 15) is 0 Å². The lowest BCUT2D eigenvalue weighted by Crippen LogP contribution is -2.17. The molecule has 1 aliphatic carbocycles. The maximum absolute atomic E-state index is 4.42. The molecule has 0 saturated heterocycles. The maximum atomic E-state index is 4.42. The van der Waals surface area contributed by atoms with Crippen LogP contribution in [0.3, 0.4) is 0 Å². The average Bonchev–Trinajstić information content (AvgIpc) is 2.84. The second-order valence-corrected chi connectivity index (χ2v) is 6.15. The van der Waals surface area contributed by atoms with Crippen molar-refractivity contribution in [3.63, 3.8) is 0 Å². The van der Waals surface area contributed by atoms with Gasteiger partial charge in [-0.1, -0.05) is 39.5 Å². The Labute approximate surface area is 117 Å². The number of anilines is 1. The molecule has 0 aromatic carbocycles. The zero-order chi connectivity index (χ0) is 13.5. The molecule has 1 heterocycles. The minimum absolute atomic E-state index is 0.926.